The maximum atomic E-state index is 14.5. The Kier molecular flexibility index (Phi) is 9.62. The summed E-state index contributed by atoms with van der Waals surface area (Å²) in [6, 6.07) is 12.1. The minimum Gasteiger partial charge on any atom is -0.536 e. The van der Waals surface area contributed by atoms with E-state index in [1.54, 1.807) is 55.7 Å². The van der Waals surface area contributed by atoms with Crippen molar-refractivity contribution in [1.29, 1.82) is 0 Å². The van der Waals surface area contributed by atoms with Crippen LogP contribution in [0.15, 0.2) is 67.5 Å². The summed E-state index contributed by atoms with van der Waals surface area (Å²) in [5, 5.41) is 3.61. The molecule has 209 valence electrons. The van der Waals surface area contributed by atoms with Crippen molar-refractivity contribution in [3.63, 3.8) is 0 Å². The highest BCUT2D eigenvalue weighted by atomic mass is 28.3. The van der Waals surface area contributed by atoms with Crippen LogP contribution in [-0.4, -0.2) is 79.6 Å². The lowest BCUT2D eigenvalue weighted by Gasteiger charge is -2.40. The Balaban J connectivity index is 1.43. The maximum absolute atomic E-state index is 14.5. The third-order valence-corrected chi connectivity index (χ3v) is 8.88. The van der Waals surface area contributed by atoms with E-state index in [2.05, 4.69) is 26.8 Å². The number of aryl methyl sites for hydroxylation is 1. The second kappa shape index (κ2) is 13.3. The van der Waals surface area contributed by atoms with Gasteiger partial charge < -0.3 is 19.4 Å². The minimum absolute atomic E-state index is 0.0263. The van der Waals surface area contributed by atoms with Crippen LogP contribution in [0, 0.1) is 12.7 Å². The van der Waals surface area contributed by atoms with E-state index < -0.39 is 9.04 Å². The quantitative estimate of drug-likeness (QED) is 0.299. The smallest absolute Gasteiger partial charge is 0.331 e. The van der Waals surface area contributed by atoms with E-state index in [9.17, 15) is 14.0 Å². The predicted octanol–water partition coefficient (Wildman–Crippen LogP) is 2.40. The van der Waals surface area contributed by atoms with Gasteiger partial charge in [0.05, 0.1) is 26.0 Å². The number of amides is 2. The largest absolute Gasteiger partial charge is 0.536 e. The number of piperazine rings is 1. The molecule has 1 aromatic heterocycles. The van der Waals surface area contributed by atoms with Crippen molar-refractivity contribution < 1.29 is 23.1 Å². The molecule has 1 radical (unpaired) electrons. The molecule has 11 heteroatoms. The van der Waals surface area contributed by atoms with Gasteiger partial charge in [-0.05, 0) is 61.0 Å². The molecule has 1 atom stereocenters. The highest BCUT2D eigenvalue weighted by Crippen LogP contribution is 2.16. The topological polar surface area (TPSA) is 96.9 Å². The van der Waals surface area contributed by atoms with E-state index in [0.717, 1.165) is 5.19 Å². The standard InChI is InChI=1S/C29H33FN5O4Si/c1-5-28(36)35-13-12-34(18-21(35)3)19-40(25-11-6-20(2)26(30)14-25)39-23-9-7-22(8-10-23)29(37)33-17-27-31-15-24(38-4)16-32-27/h5-11,14-16,21H,1,12-13,17-19H2,2-4H3,(H,33,37)/t21-/m1/s1. The summed E-state index contributed by atoms with van der Waals surface area (Å²) >= 11 is 0. The van der Waals surface area contributed by atoms with Crippen LogP contribution in [0.4, 0.5) is 4.39 Å². The van der Waals surface area contributed by atoms with Gasteiger partial charge in [0.1, 0.15) is 17.4 Å². The molecule has 0 bridgehead atoms. The SMILES string of the molecule is C=CC(=O)N1CCN(C[Si](Oc2ccc(C(=O)NCc3ncc(OC)cn3)cc2)c2ccc(C)c(F)c2)C[C@H]1C. The zero-order valence-electron chi connectivity index (χ0n) is 22.9. The highest BCUT2D eigenvalue weighted by molar-refractivity contribution is 6.68. The fourth-order valence-corrected chi connectivity index (χ4v) is 6.43. The van der Waals surface area contributed by atoms with Crippen LogP contribution in [0.2, 0.25) is 0 Å². The first kappa shape index (κ1) is 28.9. The average molecular weight is 563 g/mol. The van der Waals surface area contributed by atoms with E-state index >= 15 is 0 Å². The van der Waals surface area contributed by atoms with Crippen molar-refractivity contribution in [3.8, 4) is 11.5 Å². The lowest BCUT2D eigenvalue weighted by atomic mass is 10.2. The summed E-state index contributed by atoms with van der Waals surface area (Å²) < 4.78 is 26.0. The van der Waals surface area contributed by atoms with Crippen molar-refractivity contribution in [2.75, 3.05) is 32.9 Å². The second-order valence-corrected chi connectivity index (χ2v) is 11.5. The van der Waals surface area contributed by atoms with Crippen molar-refractivity contribution in [2.45, 2.75) is 26.4 Å². The lowest BCUT2D eigenvalue weighted by Crippen LogP contribution is -2.57. The Bertz CT molecular complexity index is 1340. The molecule has 1 aliphatic rings. The van der Waals surface area contributed by atoms with E-state index in [0.29, 0.717) is 54.3 Å². The molecule has 9 nitrogen and oxygen atoms in total. The summed E-state index contributed by atoms with van der Waals surface area (Å²) in [6.45, 7) is 9.48. The zero-order valence-corrected chi connectivity index (χ0v) is 23.9. The minimum atomic E-state index is -1.73. The van der Waals surface area contributed by atoms with Gasteiger partial charge in [0, 0.05) is 37.4 Å². The van der Waals surface area contributed by atoms with Crippen LogP contribution in [0.5, 0.6) is 11.5 Å². The summed E-state index contributed by atoms with van der Waals surface area (Å²) in [4.78, 5) is 37.2. The molecule has 3 aromatic rings. The van der Waals surface area contributed by atoms with Crippen molar-refractivity contribution in [3.05, 3.63) is 90.3 Å². The Morgan fingerprint density at radius 2 is 1.88 bits per heavy atom. The van der Waals surface area contributed by atoms with Crippen LogP contribution < -0.4 is 19.7 Å². The fourth-order valence-electron chi connectivity index (χ4n) is 4.39. The molecule has 1 fully saturated rings. The molecule has 4 rings (SSSR count). The Morgan fingerprint density at radius 1 is 1.15 bits per heavy atom. The van der Waals surface area contributed by atoms with Crippen LogP contribution >= 0.6 is 0 Å². The number of aromatic nitrogens is 2. The number of hydrogen-bond donors (Lipinski definition) is 1. The van der Waals surface area contributed by atoms with Gasteiger partial charge in [-0.2, -0.15) is 0 Å². The number of nitrogens with one attached hydrogen (secondary N) is 1. The summed E-state index contributed by atoms with van der Waals surface area (Å²) in [5.41, 5.74) is 1.04. The molecule has 1 aliphatic heterocycles. The number of nitrogens with zero attached hydrogens (tertiary/aromatic N) is 4. The van der Waals surface area contributed by atoms with Gasteiger partial charge in [-0.15, -0.1) is 0 Å². The number of halogens is 1. The molecule has 0 saturated carbocycles. The molecule has 2 amide bonds. The molecule has 0 unspecified atom stereocenters. The molecule has 1 N–H and O–H groups in total. The monoisotopic (exact) mass is 562 g/mol. The fraction of sp³-hybridized carbons (Fsp3) is 0.310. The second-order valence-electron chi connectivity index (χ2n) is 9.56. The molecule has 0 spiro atoms. The number of benzene rings is 2. The Labute approximate surface area is 235 Å². The van der Waals surface area contributed by atoms with E-state index in [1.165, 1.54) is 13.2 Å². The molecule has 2 aromatic carbocycles. The van der Waals surface area contributed by atoms with Gasteiger partial charge in [-0.25, -0.2) is 14.4 Å². The highest BCUT2D eigenvalue weighted by Gasteiger charge is 2.30. The van der Waals surface area contributed by atoms with Crippen molar-refractivity contribution in [2.24, 2.45) is 0 Å². The normalized spacial score (nSPS) is 15.5. The average Bonchev–Trinajstić information content (AvgIpc) is 2.97. The van der Waals surface area contributed by atoms with Crippen LogP contribution in [-0.2, 0) is 11.3 Å². The number of carbonyl (C=O) groups excluding carboxylic acids is 2. The van der Waals surface area contributed by atoms with Gasteiger partial charge in [-0.1, -0.05) is 18.7 Å². The Morgan fingerprint density at radius 3 is 2.50 bits per heavy atom. The van der Waals surface area contributed by atoms with Crippen LogP contribution in [0.3, 0.4) is 0 Å². The molecule has 1 saturated heterocycles. The molecule has 2 heterocycles. The zero-order chi connectivity index (χ0) is 28.6. The molecular weight excluding hydrogens is 529 g/mol. The maximum Gasteiger partial charge on any atom is 0.331 e. The van der Waals surface area contributed by atoms with E-state index in [1.807, 2.05) is 17.9 Å². The number of hydrogen-bond acceptors (Lipinski definition) is 7. The molecule has 40 heavy (non-hydrogen) atoms. The van der Waals surface area contributed by atoms with E-state index in [-0.39, 0.29) is 30.2 Å². The van der Waals surface area contributed by atoms with Crippen molar-refractivity contribution in [1.82, 2.24) is 25.1 Å². The van der Waals surface area contributed by atoms with Crippen molar-refractivity contribution >= 4 is 26.0 Å². The van der Waals surface area contributed by atoms with Crippen LogP contribution in [0.25, 0.3) is 0 Å². The first-order chi connectivity index (χ1) is 19.3. The van der Waals surface area contributed by atoms with E-state index in [4.69, 9.17) is 9.16 Å². The summed E-state index contributed by atoms with van der Waals surface area (Å²) in [6.07, 6.45) is 5.04. The van der Waals surface area contributed by atoms with Crippen LogP contribution in [0.1, 0.15) is 28.7 Å². The molecule has 0 aliphatic carbocycles. The lowest BCUT2D eigenvalue weighted by molar-refractivity contribution is -0.130. The predicted molar refractivity (Wildman–Crippen MR) is 151 cm³/mol. The number of carbonyl (C=O) groups is 2. The van der Waals surface area contributed by atoms with Gasteiger partial charge in [0.25, 0.3) is 5.91 Å². The number of rotatable bonds is 10. The van der Waals surface area contributed by atoms with Gasteiger partial charge >= 0.3 is 9.04 Å². The van der Waals surface area contributed by atoms with Gasteiger partial charge in [0.15, 0.2) is 5.75 Å². The summed E-state index contributed by atoms with van der Waals surface area (Å²) in [7, 11) is -0.193. The van der Waals surface area contributed by atoms with Gasteiger partial charge in [-0.3, -0.25) is 14.5 Å². The number of ether oxygens (including phenoxy) is 1. The Hall–Kier alpha value is -4.09. The number of methoxy groups -OCH3 is 1. The third-order valence-electron chi connectivity index (χ3n) is 6.71. The first-order valence-corrected chi connectivity index (χ1v) is 14.6. The first-order valence-electron chi connectivity index (χ1n) is 13.0. The molecular formula is C29H33FN5O4Si. The summed E-state index contributed by atoms with van der Waals surface area (Å²) in [5.74, 6) is 0.994. The third kappa shape index (κ3) is 7.30. The van der Waals surface area contributed by atoms with Gasteiger partial charge in [0.2, 0.25) is 5.91 Å².